The Hall–Kier alpha value is -1.66. The number of para-hydroxylation sites is 2. The Morgan fingerprint density at radius 3 is 2.52 bits per heavy atom. The molecule has 0 amide bonds. The Bertz CT molecular complexity index is 751. The average molecular weight is 314 g/mol. The molecule has 0 unspecified atom stereocenters. The minimum Gasteiger partial charge on any atom is -0.354 e. The molecule has 0 spiro atoms. The van der Waals surface area contributed by atoms with E-state index >= 15 is 0 Å². The minimum atomic E-state index is 0.944. The summed E-state index contributed by atoms with van der Waals surface area (Å²) < 4.78 is 1.01. The molecule has 0 radical (unpaired) electrons. The third-order valence-corrected chi connectivity index (χ3v) is 5.37. The molecule has 0 bridgehead atoms. The van der Waals surface area contributed by atoms with Crippen LogP contribution in [0.2, 0.25) is 0 Å². The van der Waals surface area contributed by atoms with Gasteiger partial charge in [-0.25, -0.2) is 15.0 Å². The molecule has 3 aromatic rings. The first kappa shape index (κ1) is 13.0. The fourth-order valence-electron chi connectivity index (χ4n) is 2.52. The van der Waals surface area contributed by atoms with Crippen molar-refractivity contribution in [2.24, 2.45) is 0 Å². The number of hydrogen-bond acceptors (Lipinski definition) is 6. The van der Waals surface area contributed by atoms with Crippen LogP contribution < -0.4 is 4.90 Å². The predicted molar refractivity (Wildman–Crippen MR) is 87.2 cm³/mol. The van der Waals surface area contributed by atoms with Gasteiger partial charge in [0.25, 0.3) is 0 Å². The van der Waals surface area contributed by atoms with Gasteiger partial charge in [0.1, 0.15) is 5.03 Å². The van der Waals surface area contributed by atoms with Gasteiger partial charge in [-0.15, -0.1) is 11.3 Å². The van der Waals surface area contributed by atoms with Gasteiger partial charge in [0.15, 0.2) is 10.2 Å². The van der Waals surface area contributed by atoms with Crippen LogP contribution in [0.25, 0.3) is 11.0 Å². The van der Waals surface area contributed by atoms with Crippen LogP contribution in [0.15, 0.2) is 45.2 Å². The molecule has 1 fully saturated rings. The number of benzene rings is 1. The Morgan fingerprint density at radius 2 is 1.81 bits per heavy atom. The normalized spacial score (nSPS) is 15.0. The van der Waals surface area contributed by atoms with Crippen LogP contribution in [0.3, 0.4) is 0 Å². The number of anilines is 1. The van der Waals surface area contributed by atoms with Crippen molar-refractivity contribution < 1.29 is 0 Å². The van der Waals surface area contributed by atoms with E-state index in [1.165, 1.54) is 12.8 Å². The first-order valence-electron chi connectivity index (χ1n) is 6.99. The van der Waals surface area contributed by atoms with Crippen molar-refractivity contribution in [1.29, 1.82) is 0 Å². The largest absolute Gasteiger partial charge is 0.354 e. The molecule has 0 N–H and O–H groups in total. The maximum Gasteiger partial charge on any atom is 0.162 e. The van der Waals surface area contributed by atoms with Gasteiger partial charge in [0.05, 0.1) is 11.0 Å². The zero-order chi connectivity index (χ0) is 14.1. The summed E-state index contributed by atoms with van der Waals surface area (Å²) in [4.78, 5) is 16.4. The van der Waals surface area contributed by atoms with E-state index in [0.29, 0.717) is 0 Å². The summed E-state index contributed by atoms with van der Waals surface area (Å²) in [5, 5.41) is 2.96. The van der Waals surface area contributed by atoms with Crippen LogP contribution in [0.5, 0.6) is 0 Å². The molecule has 106 valence electrons. The molecule has 3 heterocycles. The lowest BCUT2D eigenvalue weighted by Crippen LogP contribution is -2.20. The molecule has 2 aromatic heterocycles. The molecule has 0 saturated carbocycles. The maximum absolute atomic E-state index is 4.86. The van der Waals surface area contributed by atoms with E-state index < -0.39 is 0 Å². The highest BCUT2D eigenvalue weighted by molar-refractivity contribution is 8.01. The first-order valence-corrected chi connectivity index (χ1v) is 8.69. The number of hydrogen-bond donors (Lipinski definition) is 0. The summed E-state index contributed by atoms with van der Waals surface area (Å²) in [5.41, 5.74) is 1.90. The summed E-state index contributed by atoms with van der Waals surface area (Å²) in [7, 11) is 0. The van der Waals surface area contributed by atoms with Gasteiger partial charge in [-0.2, -0.15) is 0 Å². The lowest BCUT2D eigenvalue weighted by molar-refractivity contribution is 0.902. The van der Waals surface area contributed by atoms with Gasteiger partial charge >= 0.3 is 0 Å². The number of rotatable bonds is 3. The smallest absolute Gasteiger partial charge is 0.162 e. The molecule has 0 atom stereocenters. The fraction of sp³-hybridized carbons (Fsp3) is 0.267. The van der Waals surface area contributed by atoms with Crippen molar-refractivity contribution in [3.63, 3.8) is 0 Å². The van der Waals surface area contributed by atoms with Crippen molar-refractivity contribution >= 4 is 39.9 Å². The van der Waals surface area contributed by atoms with Crippen molar-refractivity contribution in [3.05, 3.63) is 35.8 Å². The van der Waals surface area contributed by atoms with Crippen molar-refractivity contribution in [1.82, 2.24) is 15.0 Å². The highest BCUT2D eigenvalue weighted by atomic mass is 32.2. The van der Waals surface area contributed by atoms with Gasteiger partial charge in [-0.3, -0.25) is 0 Å². The minimum absolute atomic E-state index is 0.944. The van der Waals surface area contributed by atoms with Crippen LogP contribution in [-0.2, 0) is 0 Å². The molecular formula is C15H14N4S2. The highest BCUT2D eigenvalue weighted by Crippen LogP contribution is 2.36. The Balaban J connectivity index is 1.82. The van der Waals surface area contributed by atoms with E-state index in [0.717, 1.165) is 39.3 Å². The van der Waals surface area contributed by atoms with E-state index in [1.807, 2.05) is 35.8 Å². The van der Waals surface area contributed by atoms with Gasteiger partial charge in [0, 0.05) is 24.7 Å². The van der Waals surface area contributed by atoms with Gasteiger partial charge in [0.2, 0.25) is 0 Å². The molecule has 1 aliphatic rings. The molecule has 4 rings (SSSR count). The molecular weight excluding hydrogens is 300 g/mol. The lowest BCUT2D eigenvalue weighted by Gasteiger charge is -2.19. The second kappa shape index (κ2) is 5.61. The van der Waals surface area contributed by atoms with E-state index in [2.05, 4.69) is 9.88 Å². The Labute approximate surface area is 131 Å². The SMILES string of the molecule is c1ccc2nc(N3CCCC3)c(Sc3nccs3)nc2c1. The quantitative estimate of drug-likeness (QED) is 0.735. The summed E-state index contributed by atoms with van der Waals surface area (Å²) in [6, 6.07) is 8.06. The fourth-order valence-corrected chi connectivity index (χ4v) is 4.17. The van der Waals surface area contributed by atoms with Crippen molar-refractivity contribution in [3.8, 4) is 0 Å². The molecule has 1 saturated heterocycles. The maximum atomic E-state index is 4.86. The van der Waals surface area contributed by atoms with Crippen LogP contribution in [0.4, 0.5) is 5.82 Å². The van der Waals surface area contributed by atoms with Crippen molar-refractivity contribution in [2.75, 3.05) is 18.0 Å². The van der Waals surface area contributed by atoms with Gasteiger partial charge < -0.3 is 4.90 Å². The number of nitrogens with zero attached hydrogens (tertiary/aromatic N) is 4. The number of fused-ring (bicyclic) bond motifs is 1. The predicted octanol–water partition coefficient (Wildman–Crippen LogP) is 3.84. The topological polar surface area (TPSA) is 41.9 Å². The highest BCUT2D eigenvalue weighted by Gasteiger charge is 2.20. The molecule has 1 aliphatic heterocycles. The standard InChI is InChI=1S/C15H14N4S2/c1-2-6-12-11(5-1)17-13(19-8-3-4-9-19)14(18-12)21-15-16-7-10-20-15/h1-2,5-7,10H,3-4,8-9H2. The average Bonchev–Trinajstić information content (AvgIpc) is 3.20. The zero-order valence-corrected chi connectivity index (χ0v) is 13.0. The summed E-state index contributed by atoms with van der Waals surface area (Å²) >= 11 is 3.25. The number of aromatic nitrogens is 3. The van der Waals surface area contributed by atoms with Crippen molar-refractivity contribution in [2.45, 2.75) is 22.2 Å². The summed E-state index contributed by atoms with van der Waals surface area (Å²) in [5.74, 6) is 1.01. The van der Waals surface area contributed by atoms with Crippen LogP contribution in [0, 0.1) is 0 Å². The molecule has 4 nitrogen and oxygen atoms in total. The van der Waals surface area contributed by atoms with Gasteiger partial charge in [-0.1, -0.05) is 12.1 Å². The third kappa shape index (κ3) is 2.61. The van der Waals surface area contributed by atoms with E-state index in [-0.39, 0.29) is 0 Å². The second-order valence-corrected chi connectivity index (χ2v) is 7.07. The number of thiazole rings is 1. The first-order chi connectivity index (χ1) is 10.4. The van der Waals surface area contributed by atoms with Crippen LogP contribution in [-0.4, -0.2) is 28.0 Å². The van der Waals surface area contributed by atoms with E-state index in [9.17, 15) is 0 Å². The summed E-state index contributed by atoms with van der Waals surface area (Å²) in [6.07, 6.45) is 4.29. The third-order valence-electron chi connectivity index (χ3n) is 3.52. The molecule has 6 heteroatoms. The summed E-state index contributed by atoms with van der Waals surface area (Å²) in [6.45, 7) is 2.14. The van der Waals surface area contributed by atoms with Crippen LogP contribution in [0.1, 0.15) is 12.8 Å². The molecule has 21 heavy (non-hydrogen) atoms. The van der Waals surface area contributed by atoms with Gasteiger partial charge in [-0.05, 0) is 36.7 Å². The molecule has 0 aliphatic carbocycles. The second-order valence-electron chi connectivity index (χ2n) is 4.94. The monoisotopic (exact) mass is 314 g/mol. The van der Waals surface area contributed by atoms with E-state index in [4.69, 9.17) is 9.97 Å². The Kier molecular flexibility index (Phi) is 3.48. The molecule has 1 aromatic carbocycles. The Morgan fingerprint density at radius 1 is 1.05 bits per heavy atom. The lowest BCUT2D eigenvalue weighted by atomic mass is 10.3. The zero-order valence-electron chi connectivity index (χ0n) is 11.4. The van der Waals surface area contributed by atoms with E-state index in [1.54, 1.807) is 23.1 Å². The van der Waals surface area contributed by atoms with Crippen LogP contribution >= 0.6 is 23.1 Å².